The third-order valence-electron chi connectivity index (χ3n) is 1.83. The van der Waals surface area contributed by atoms with Gasteiger partial charge in [-0.2, -0.15) is 0 Å². The molecule has 0 aliphatic carbocycles. The first-order valence-corrected chi connectivity index (χ1v) is 5.48. The number of para-hydroxylation sites is 1. The zero-order valence-corrected chi connectivity index (χ0v) is 10.4. The second-order valence-corrected chi connectivity index (χ2v) is 4.01. The van der Waals surface area contributed by atoms with E-state index in [-0.39, 0.29) is 23.5 Å². The van der Waals surface area contributed by atoms with Crippen LogP contribution in [0.4, 0.5) is 0 Å². The highest BCUT2D eigenvalue weighted by atomic mass is 35.5. The van der Waals surface area contributed by atoms with Gasteiger partial charge in [-0.1, -0.05) is 17.7 Å². The molecule has 17 heavy (non-hydrogen) atoms. The van der Waals surface area contributed by atoms with E-state index in [2.05, 4.69) is 0 Å². The number of carbonyl (C=O) groups is 2. The maximum Gasteiger partial charge on any atom is 0.344 e. The number of rotatable bonds is 5. The number of halogens is 1. The quantitative estimate of drug-likeness (QED) is 0.600. The van der Waals surface area contributed by atoms with E-state index in [1.54, 1.807) is 32.0 Å². The number of ether oxygens (including phenoxy) is 2. The summed E-state index contributed by atoms with van der Waals surface area (Å²) in [6.45, 7) is 3.21. The van der Waals surface area contributed by atoms with Gasteiger partial charge in [0.15, 0.2) is 12.9 Å². The Bertz CT molecular complexity index is 415. The molecule has 0 bridgehead atoms. The average Bonchev–Trinajstić information content (AvgIpc) is 2.26. The van der Waals surface area contributed by atoms with Crippen molar-refractivity contribution in [3.05, 3.63) is 28.8 Å². The monoisotopic (exact) mass is 256 g/mol. The normalized spacial score (nSPS) is 10.1. The summed E-state index contributed by atoms with van der Waals surface area (Å²) in [7, 11) is 0. The SMILES string of the molecule is CC(C)OC(=O)COc1c(Cl)cccc1C=O. The Kier molecular flexibility index (Phi) is 4.97. The number of hydrogen-bond donors (Lipinski definition) is 0. The Labute approximate surface area is 104 Å². The largest absolute Gasteiger partial charge is 0.480 e. The summed E-state index contributed by atoms with van der Waals surface area (Å²) in [6, 6.07) is 4.77. The van der Waals surface area contributed by atoms with Crippen LogP contribution in [0.25, 0.3) is 0 Å². The van der Waals surface area contributed by atoms with E-state index in [4.69, 9.17) is 21.1 Å². The van der Waals surface area contributed by atoms with Crippen molar-refractivity contribution in [2.45, 2.75) is 20.0 Å². The van der Waals surface area contributed by atoms with Gasteiger partial charge in [0.2, 0.25) is 0 Å². The predicted molar refractivity (Wildman–Crippen MR) is 63.6 cm³/mol. The van der Waals surface area contributed by atoms with Crippen molar-refractivity contribution in [1.29, 1.82) is 0 Å². The molecule has 1 aromatic carbocycles. The Balaban J connectivity index is 2.69. The molecule has 4 nitrogen and oxygen atoms in total. The topological polar surface area (TPSA) is 52.6 Å². The van der Waals surface area contributed by atoms with Crippen LogP contribution in [0.1, 0.15) is 24.2 Å². The van der Waals surface area contributed by atoms with E-state index in [0.717, 1.165) is 0 Å². The van der Waals surface area contributed by atoms with Gasteiger partial charge in [0.05, 0.1) is 16.7 Å². The first kappa shape index (κ1) is 13.5. The lowest BCUT2D eigenvalue weighted by Gasteiger charge is -2.11. The fourth-order valence-corrected chi connectivity index (χ4v) is 1.44. The summed E-state index contributed by atoms with van der Waals surface area (Å²) in [5.41, 5.74) is 0.301. The fraction of sp³-hybridized carbons (Fsp3) is 0.333. The lowest BCUT2D eigenvalue weighted by Crippen LogP contribution is -2.19. The highest BCUT2D eigenvalue weighted by Crippen LogP contribution is 2.27. The molecule has 0 atom stereocenters. The van der Waals surface area contributed by atoms with Gasteiger partial charge < -0.3 is 9.47 Å². The molecule has 0 radical (unpaired) electrons. The second kappa shape index (κ2) is 6.25. The molecule has 0 N–H and O–H groups in total. The lowest BCUT2D eigenvalue weighted by atomic mass is 10.2. The van der Waals surface area contributed by atoms with Crippen molar-refractivity contribution >= 4 is 23.9 Å². The van der Waals surface area contributed by atoms with E-state index < -0.39 is 5.97 Å². The Hall–Kier alpha value is -1.55. The lowest BCUT2D eigenvalue weighted by molar-refractivity contribution is -0.149. The zero-order chi connectivity index (χ0) is 12.8. The van der Waals surface area contributed by atoms with Crippen molar-refractivity contribution in [3.63, 3.8) is 0 Å². The summed E-state index contributed by atoms with van der Waals surface area (Å²) >= 11 is 5.86. The van der Waals surface area contributed by atoms with Crippen molar-refractivity contribution in [2.24, 2.45) is 0 Å². The van der Waals surface area contributed by atoms with Gasteiger partial charge in [0.25, 0.3) is 0 Å². The van der Waals surface area contributed by atoms with Crippen LogP contribution in [-0.2, 0) is 9.53 Å². The molecule has 92 valence electrons. The predicted octanol–water partition coefficient (Wildman–Crippen LogP) is 2.48. The fourth-order valence-electron chi connectivity index (χ4n) is 1.20. The first-order valence-electron chi connectivity index (χ1n) is 5.10. The Morgan fingerprint density at radius 2 is 2.18 bits per heavy atom. The van der Waals surface area contributed by atoms with Gasteiger partial charge in [0, 0.05) is 0 Å². The first-order chi connectivity index (χ1) is 8.04. The molecule has 0 saturated heterocycles. The van der Waals surface area contributed by atoms with Crippen LogP contribution in [0.3, 0.4) is 0 Å². The molecule has 0 aromatic heterocycles. The third kappa shape index (κ3) is 4.07. The van der Waals surface area contributed by atoms with Crippen LogP contribution in [0.15, 0.2) is 18.2 Å². The van der Waals surface area contributed by atoms with Crippen LogP contribution in [-0.4, -0.2) is 25.0 Å². The van der Waals surface area contributed by atoms with Gasteiger partial charge >= 0.3 is 5.97 Å². The maximum absolute atomic E-state index is 11.3. The van der Waals surface area contributed by atoms with Crippen molar-refractivity contribution < 1.29 is 19.1 Å². The minimum Gasteiger partial charge on any atom is -0.480 e. The van der Waals surface area contributed by atoms with E-state index in [1.807, 2.05) is 0 Å². The average molecular weight is 257 g/mol. The van der Waals surface area contributed by atoms with E-state index in [1.165, 1.54) is 0 Å². The van der Waals surface area contributed by atoms with Crippen LogP contribution < -0.4 is 4.74 Å². The standard InChI is InChI=1S/C12H13ClO4/c1-8(2)17-11(15)7-16-12-9(6-14)4-3-5-10(12)13/h3-6,8H,7H2,1-2H3. The van der Waals surface area contributed by atoms with Gasteiger partial charge in [-0.15, -0.1) is 0 Å². The molecule has 0 aliphatic rings. The Morgan fingerprint density at radius 1 is 1.47 bits per heavy atom. The van der Waals surface area contributed by atoms with E-state index in [9.17, 15) is 9.59 Å². The molecule has 0 amide bonds. The van der Waals surface area contributed by atoms with Crippen LogP contribution in [0.2, 0.25) is 5.02 Å². The van der Waals surface area contributed by atoms with E-state index >= 15 is 0 Å². The molecule has 5 heteroatoms. The molecule has 1 aromatic rings. The van der Waals surface area contributed by atoms with Gasteiger partial charge in [0.1, 0.15) is 5.75 Å². The zero-order valence-electron chi connectivity index (χ0n) is 9.60. The maximum atomic E-state index is 11.3. The summed E-state index contributed by atoms with van der Waals surface area (Å²) in [6.07, 6.45) is 0.414. The minimum atomic E-state index is -0.503. The van der Waals surface area contributed by atoms with Crippen molar-refractivity contribution in [3.8, 4) is 5.75 Å². The minimum absolute atomic E-state index is 0.199. The van der Waals surface area contributed by atoms with Gasteiger partial charge in [-0.25, -0.2) is 4.79 Å². The summed E-state index contributed by atoms with van der Waals surface area (Å²) in [5.74, 6) is -0.304. The number of carbonyl (C=O) groups excluding carboxylic acids is 2. The van der Waals surface area contributed by atoms with Crippen LogP contribution in [0.5, 0.6) is 5.75 Å². The van der Waals surface area contributed by atoms with Crippen molar-refractivity contribution in [1.82, 2.24) is 0 Å². The smallest absolute Gasteiger partial charge is 0.344 e. The molecule has 0 saturated carbocycles. The van der Waals surface area contributed by atoms with Gasteiger partial charge in [-0.3, -0.25) is 4.79 Å². The molecule has 0 spiro atoms. The van der Waals surface area contributed by atoms with Crippen LogP contribution >= 0.6 is 11.6 Å². The van der Waals surface area contributed by atoms with Crippen LogP contribution in [0, 0.1) is 0 Å². The molecule has 0 aliphatic heterocycles. The molecule has 0 heterocycles. The highest BCUT2D eigenvalue weighted by molar-refractivity contribution is 6.32. The van der Waals surface area contributed by atoms with Crippen molar-refractivity contribution in [2.75, 3.05) is 6.61 Å². The number of hydrogen-bond acceptors (Lipinski definition) is 4. The van der Waals surface area contributed by atoms with E-state index in [0.29, 0.717) is 11.8 Å². The number of esters is 1. The summed E-state index contributed by atoms with van der Waals surface area (Å²) < 4.78 is 10.1. The molecule has 0 unspecified atom stereocenters. The molecular formula is C12H13ClO4. The molecule has 0 fully saturated rings. The molecule has 1 rings (SSSR count). The summed E-state index contributed by atoms with van der Waals surface area (Å²) in [5, 5.41) is 0.284. The highest BCUT2D eigenvalue weighted by Gasteiger charge is 2.11. The Morgan fingerprint density at radius 3 is 2.76 bits per heavy atom. The van der Waals surface area contributed by atoms with Gasteiger partial charge in [-0.05, 0) is 26.0 Å². The number of aldehydes is 1. The second-order valence-electron chi connectivity index (χ2n) is 3.60. The third-order valence-corrected chi connectivity index (χ3v) is 2.12. The molecular weight excluding hydrogens is 244 g/mol. The number of benzene rings is 1. The summed E-state index contributed by atoms with van der Waals surface area (Å²) in [4.78, 5) is 22.0.